The zero-order chi connectivity index (χ0) is 14.0. The van der Waals surface area contributed by atoms with E-state index in [1.165, 1.54) is 0 Å². The van der Waals surface area contributed by atoms with Crippen molar-refractivity contribution in [2.45, 2.75) is 43.7 Å². The third kappa shape index (κ3) is 3.26. The van der Waals surface area contributed by atoms with Gasteiger partial charge in [0.15, 0.2) is 0 Å². The molecule has 0 spiro atoms. The van der Waals surface area contributed by atoms with Crippen molar-refractivity contribution < 1.29 is 13.2 Å². The lowest BCUT2D eigenvalue weighted by atomic mass is 9.89. The van der Waals surface area contributed by atoms with Gasteiger partial charge in [-0.3, -0.25) is 0 Å². The van der Waals surface area contributed by atoms with Crippen LogP contribution in [-0.4, -0.2) is 27.1 Å². The molecule has 0 heterocycles. The van der Waals surface area contributed by atoms with Gasteiger partial charge in [-0.05, 0) is 50.5 Å². The maximum Gasteiger partial charge on any atom is 0.240 e. The molecular formula is C13H20N2O3S. The van der Waals surface area contributed by atoms with Crippen LogP contribution in [0.1, 0.15) is 25.3 Å². The predicted molar refractivity (Wildman–Crippen MR) is 73.7 cm³/mol. The van der Waals surface area contributed by atoms with Gasteiger partial charge >= 0.3 is 0 Å². The van der Waals surface area contributed by atoms with Gasteiger partial charge in [-0.25, -0.2) is 13.1 Å². The Morgan fingerprint density at radius 1 is 1.42 bits per heavy atom. The van der Waals surface area contributed by atoms with Crippen molar-refractivity contribution in [3.05, 3.63) is 23.8 Å². The second kappa shape index (κ2) is 5.48. The van der Waals surface area contributed by atoms with Gasteiger partial charge in [0.05, 0.1) is 11.5 Å². The maximum atomic E-state index is 12.2. The number of nitrogens with two attached hydrogens (primary N) is 1. The normalized spacial score (nSPS) is 22.9. The molecular weight excluding hydrogens is 264 g/mol. The molecule has 19 heavy (non-hydrogen) atoms. The minimum atomic E-state index is -3.46. The molecule has 6 heteroatoms. The summed E-state index contributed by atoms with van der Waals surface area (Å²) in [5, 5.41) is 0. The Labute approximate surface area is 114 Å². The van der Waals surface area contributed by atoms with Gasteiger partial charge < -0.3 is 10.5 Å². The summed E-state index contributed by atoms with van der Waals surface area (Å²) in [6.07, 6.45) is 1.41. The van der Waals surface area contributed by atoms with E-state index in [9.17, 15) is 8.42 Å². The third-order valence-corrected chi connectivity index (χ3v) is 4.77. The minimum Gasteiger partial charge on any atom is -0.494 e. The van der Waals surface area contributed by atoms with Crippen LogP contribution in [0.3, 0.4) is 0 Å². The van der Waals surface area contributed by atoms with Crippen molar-refractivity contribution in [2.75, 3.05) is 6.61 Å². The van der Waals surface area contributed by atoms with Crippen LogP contribution in [0.15, 0.2) is 23.1 Å². The van der Waals surface area contributed by atoms with E-state index in [2.05, 4.69) is 4.72 Å². The highest BCUT2D eigenvalue weighted by Gasteiger charge is 2.30. The molecule has 106 valence electrons. The van der Waals surface area contributed by atoms with Crippen LogP contribution in [0.25, 0.3) is 0 Å². The molecule has 3 N–H and O–H groups in total. The molecule has 1 aliphatic rings. The standard InChI is InChI=1S/C13H20N2O3S/c1-3-18-13-5-4-12(6-9(13)2)19(16,17)15-11-7-10(14)8-11/h4-6,10-11,15H,3,7-8,14H2,1-2H3. The number of benzene rings is 1. The summed E-state index contributed by atoms with van der Waals surface area (Å²) in [5.74, 6) is 0.715. The molecule has 0 aliphatic heterocycles. The highest BCUT2D eigenvalue weighted by atomic mass is 32.2. The quantitative estimate of drug-likeness (QED) is 0.850. The molecule has 0 bridgehead atoms. The highest BCUT2D eigenvalue weighted by Crippen LogP contribution is 2.24. The molecule has 0 aromatic heterocycles. The van der Waals surface area contributed by atoms with Crippen LogP contribution in [0.2, 0.25) is 0 Å². The van der Waals surface area contributed by atoms with E-state index in [1.807, 2.05) is 13.8 Å². The van der Waals surface area contributed by atoms with E-state index in [0.29, 0.717) is 25.2 Å². The number of hydrogen-bond donors (Lipinski definition) is 2. The van der Waals surface area contributed by atoms with Crippen LogP contribution in [0.4, 0.5) is 0 Å². The fourth-order valence-electron chi connectivity index (χ4n) is 2.15. The van der Waals surface area contributed by atoms with Crippen molar-refractivity contribution in [3.63, 3.8) is 0 Å². The second-order valence-electron chi connectivity index (χ2n) is 4.91. The Morgan fingerprint density at radius 3 is 2.63 bits per heavy atom. The van der Waals surface area contributed by atoms with Gasteiger partial charge in [0, 0.05) is 12.1 Å². The van der Waals surface area contributed by atoms with Gasteiger partial charge in [0.2, 0.25) is 10.0 Å². The molecule has 1 aliphatic carbocycles. The van der Waals surface area contributed by atoms with Crippen molar-refractivity contribution in [1.29, 1.82) is 0 Å². The topological polar surface area (TPSA) is 81.4 Å². The Morgan fingerprint density at radius 2 is 2.11 bits per heavy atom. The summed E-state index contributed by atoms with van der Waals surface area (Å²) in [7, 11) is -3.46. The van der Waals surface area contributed by atoms with E-state index >= 15 is 0 Å². The average molecular weight is 284 g/mol. The SMILES string of the molecule is CCOc1ccc(S(=O)(=O)NC2CC(N)C2)cc1C. The Bertz CT molecular complexity index is 551. The molecule has 2 rings (SSSR count). The van der Waals surface area contributed by atoms with Crippen molar-refractivity contribution in [3.8, 4) is 5.75 Å². The first-order valence-corrected chi connectivity index (χ1v) is 7.92. The lowest BCUT2D eigenvalue weighted by molar-refractivity contribution is 0.327. The van der Waals surface area contributed by atoms with Crippen LogP contribution in [0, 0.1) is 6.92 Å². The van der Waals surface area contributed by atoms with E-state index in [-0.39, 0.29) is 17.0 Å². The number of sulfonamides is 1. The van der Waals surface area contributed by atoms with Crippen LogP contribution >= 0.6 is 0 Å². The van der Waals surface area contributed by atoms with Gasteiger partial charge in [-0.2, -0.15) is 0 Å². The molecule has 0 atom stereocenters. The molecule has 0 radical (unpaired) electrons. The Hall–Kier alpha value is -1.11. The summed E-state index contributed by atoms with van der Waals surface area (Å²) in [4.78, 5) is 0.272. The number of hydrogen-bond acceptors (Lipinski definition) is 4. The molecule has 1 aromatic rings. The summed E-state index contributed by atoms with van der Waals surface area (Å²) in [6.45, 7) is 4.29. The summed E-state index contributed by atoms with van der Waals surface area (Å²) >= 11 is 0. The van der Waals surface area contributed by atoms with Gasteiger partial charge in [0.25, 0.3) is 0 Å². The largest absolute Gasteiger partial charge is 0.494 e. The van der Waals surface area contributed by atoms with E-state index < -0.39 is 10.0 Å². The Kier molecular flexibility index (Phi) is 4.13. The zero-order valence-corrected chi connectivity index (χ0v) is 12.0. The van der Waals surface area contributed by atoms with E-state index in [0.717, 1.165) is 5.56 Å². The van der Waals surface area contributed by atoms with Gasteiger partial charge in [0.1, 0.15) is 5.75 Å². The van der Waals surface area contributed by atoms with Crippen molar-refractivity contribution in [2.24, 2.45) is 5.73 Å². The summed E-state index contributed by atoms with van der Waals surface area (Å²) in [5.41, 5.74) is 6.47. The molecule has 0 saturated heterocycles. The van der Waals surface area contributed by atoms with E-state index in [4.69, 9.17) is 10.5 Å². The zero-order valence-electron chi connectivity index (χ0n) is 11.2. The summed E-state index contributed by atoms with van der Waals surface area (Å²) < 4.78 is 32.4. The predicted octanol–water partition coefficient (Wildman–Crippen LogP) is 1.16. The fraction of sp³-hybridized carbons (Fsp3) is 0.538. The van der Waals surface area contributed by atoms with Crippen LogP contribution < -0.4 is 15.2 Å². The fourth-order valence-corrected chi connectivity index (χ4v) is 3.50. The number of ether oxygens (including phenoxy) is 1. The molecule has 1 saturated carbocycles. The third-order valence-electron chi connectivity index (χ3n) is 3.25. The molecule has 1 fully saturated rings. The smallest absolute Gasteiger partial charge is 0.240 e. The van der Waals surface area contributed by atoms with Crippen molar-refractivity contribution in [1.82, 2.24) is 4.72 Å². The monoisotopic (exact) mass is 284 g/mol. The van der Waals surface area contributed by atoms with Gasteiger partial charge in [-0.15, -0.1) is 0 Å². The number of aryl methyl sites for hydroxylation is 1. The first-order valence-electron chi connectivity index (χ1n) is 6.43. The van der Waals surface area contributed by atoms with Crippen LogP contribution in [0.5, 0.6) is 5.75 Å². The minimum absolute atomic E-state index is 0.0353. The molecule has 1 aromatic carbocycles. The van der Waals surface area contributed by atoms with E-state index in [1.54, 1.807) is 18.2 Å². The maximum absolute atomic E-state index is 12.2. The first kappa shape index (κ1) is 14.3. The molecule has 5 nitrogen and oxygen atoms in total. The van der Waals surface area contributed by atoms with Crippen molar-refractivity contribution >= 4 is 10.0 Å². The first-order chi connectivity index (χ1) is 8.92. The second-order valence-corrected chi connectivity index (χ2v) is 6.62. The molecule has 0 amide bonds. The Balaban J connectivity index is 2.14. The average Bonchev–Trinajstić information content (AvgIpc) is 2.29. The van der Waals surface area contributed by atoms with Gasteiger partial charge in [-0.1, -0.05) is 0 Å². The highest BCUT2D eigenvalue weighted by molar-refractivity contribution is 7.89. The summed E-state index contributed by atoms with van der Waals surface area (Å²) in [6, 6.07) is 4.98. The van der Waals surface area contributed by atoms with Crippen LogP contribution in [-0.2, 0) is 10.0 Å². The lowest BCUT2D eigenvalue weighted by Gasteiger charge is -2.32. The molecule has 0 unspecified atom stereocenters. The lowest BCUT2D eigenvalue weighted by Crippen LogP contribution is -2.50. The number of rotatable bonds is 5. The number of nitrogens with one attached hydrogen (secondary N) is 1.